The van der Waals surface area contributed by atoms with Crippen molar-refractivity contribution < 1.29 is 9.53 Å². The summed E-state index contributed by atoms with van der Waals surface area (Å²) in [6.45, 7) is 1.35. The smallest absolute Gasteiger partial charge is 0.293 e. The average molecular weight is 171 g/mol. The summed E-state index contributed by atoms with van der Waals surface area (Å²) in [4.78, 5) is 10.0. The molecule has 1 aliphatic carbocycles. The van der Waals surface area contributed by atoms with Crippen LogP contribution in [0.1, 0.15) is 32.1 Å². The molecule has 0 aromatic rings. The fraction of sp³-hybridized carbons (Fsp3) is 0.889. The van der Waals surface area contributed by atoms with Crippen molar-refractivity contribution in [3.05, 3.63) is 0 Å². The molecule has 0 aromatic heterocycles. The van der Waals surface area contributed by atoms with E-state index >= 15 is 0 Å². The Morgan fingerprint density at radius 3 is 2.50 bits per heavy atom. The molecule has 0 aromatic carbocycles. The van der Waals surface area contributed by atoms with Crippen molar-refractivity contribution in [3.63, 3.8) is 0 Å². The highest BCUT2D eigenvalue weighted by molar-refractivity contribution is 5.37. The lowest BCUT2D eigenvalue weighted by Crippen LogP contribution is -2.22. The molecule has 0 spiro atoms. The molecular weight excluding hydrogens is 154 g/mol. The Hall–Kier alpha value is -0.570. The fourth-order valence-corrected chi connectivity index (χ4v) is 1.87. The second-order valence-corrected chi connectivity index (χ2v) is 3.45. The van der Waals surface area contributed by atoms with Crippen LogP contribution in [0, 0.1) is 5.92 Å². The Morgan fingerprint density at radius 1 is 1.33 bits per heavy atom. The monoisotopic (exact) mass is 171 g/mol. The molecule has 1 fully saturated rings. The van der Waals surface area contributed by atoms with Gasteiger partial charge >= 0.3 is 0 Å². The summed E-state index contributed by atoms with van der Waals surface area (Å²) in [5.41, 5.74) is 5.47. The van der Waals surface area contributed by atoms with Crippen LogP contribution >= 0.6 is 0 Å². The zero-order chi connectivity index (χ0) is 8.81. The van der Waals surface area contributed by atoms with Crippen molar-refractivity contribution in [2.45, 2.75) is 38.2 Å². The van der Waals surface area contributed by atoms with E-state index < -0.39 is 0 Å². The van der Waals surface area contributed by atoms with Crippen molar-refractivity contribution in [1.82, 2.24) is 0 Å². The largest absolute Gasteiger partial charge is 0.465 e. The SMILES string of the molecule is NCCC1CCC(OC=O)CC1. The van der Waals surface area contributed by atoms with Crippen LogP contribution < -0.4 is 5.73 Å². The number of carbonyl (C=O) groups excluding carboxylic acids is 1. The van der Waals surface area contributed by atoms with Gasteiger partial charge in [0.1, 0.15) is 6.10 Å². The van der Waals surface area contributed by atoms with Gasteiger partial charge in [0, 0.05) is 0 Å². The molecule has 1 rings (SSSR count). The molecule has 0 bridgehead atoms. The van der Waals surface area contributed by atoms with Gasteiger partial charge in [0.2, 0.25) is 0 Å². The molecule has 0 unspecified atom stereocenters. The third kappa shape index (κ3) is 2.81. The molecule has 3 nitrogen and oxygen atoms in total. The van der Waals surface area contributed by atoms with Gasteiger partial charge in [-0.05, 0) is 44.6 Å². The molecule has 12 heavy (non-hydrogen) atoms. The second kappa shape index (κ2) is 5.14. The van der Waals surface area contributed by atoms with Crippen molar-refractivity contribution in [1.29, 1.82) is 0 Å². The number of carbonyl (C=O) groups is 1. The van der Waals surface area contributed by atoms with Gasteiger partial charge in [0.15, 0.2) is 0 Å². The first-order valence-electron chi connectivity index (χ1n) is 4.66. The lowest BCUT2D eigenvalue weighted by Gasteiger charge is -2.26. The maximum absolute atomic E-state index is 10.0. The fourth-order valence-electron chi connectivity index (χ4n) is 1.87. The van der Waals surface area contributed by atoms with E-state index in [9.17, 15) is 4.79 Å². The van der Waals surface area contributed by atoms with Crippen LogP contribution in [0.25, 0.3) is 0 Å². The summed E-state index contributed by atoms with van der Waals surface area (Å²) in [7, 11) is 0. The predicted octanol–water partition coefficient (Wildman–Crippen LogP) is 1.07. The summed E-state index contributed by atoms with van der Waals surface area (Å²) < 4.78 is 4.90. The summed E-state index contributed by atoms with van der Waals surface area (Å²) in [6, 6.07) is 0. The molecule has 0 saturated heterocycles. The average Bonchev–Trinajstić information content (AvgIpc) is 2.09. The number of nitrogens with two attached hydrogens (primary N) is 1. The molecule has 0 atom stereocenters. The minimum atomic E-state index is 0.177. The minimum absolute atomic E-state index is 0.177. The summed E-state index contributed by atoms with van der Waals surface area (Å²) in [5.74, 6) is 0.765. The van der Waals surface area contributed by atoms with Gasteiger partial charge in [0.25, 0.3) is 6.47 Å². The van der Waals surface area contributed by atoms with Crippen LogP contribution in [0.4, 0.5) is 0 Å². The first kappa shape index (κ1) is 9.52. The van der Waals surface area contributed by atoms with E-state index in [1.165, 1.54) is 0 Å². The maximum Gasteiger partial charge on any atom is 0.293 e. The Morgan fingerprint density at radius 2 is 2.00 bits per heavy atom. The quantitative estimate of drug-likeness (QED) is 0.644. The number of hydrogen-bond acceptors (Lipinski definition) is 3. The highest BCUT2D eigenvalue weighted by Gasteiger charge is 2.20. The van der Waals surface area contributed by atoms with E-state index in [0.29, 0.717) is 6.47 Å². The number of hydrogen-bond donors (Lipinski definition) is 1. The summed E-state index contributed by atoms with van der Waals surface area (Å²) in [6.07, 6.45) is 5.66. The number of ether oxygens (including phenoxy) is 1. The second-order valence-electron chi connectivity index (χ2n) is 3.45. The highest BCUT2D eigenvalue weighted by Crippen LogP contribution is 2.27. The molecule has 3 heteroatoms. The van der Waals surface area contributed by atoms with Crippen molar-refractivity contribution >= 4 is 6.47 Å². The molecular formula is C9H17NO2. The maximum atomic E-state index is 10.0. The summed E-state index contributed by atoms with van der Waals surface area (Å²) in [5, 5.41) is 0. The molecule has 2 N–H and O–H groups in total. The topological polar surface area (TPSA) is 52.3 Å². The Labute approximate surface area is 73.3 Å². The number of rotatable bonds is 4. The highest BCUT2D eigenvalue weighted by atomic mass is 16.5. The van der Waals surface area contributed by atoms with Crippen molar-refractivity contribution in [2.75, 3.05) is 6.54 Å². The standard InChI is InChI=1S/C9H17NO2/c10-6-5-8-1-3-9(4-2-8)12-7-11/h7-9H,1-6,10H2. The molecule has 0 aliphatic heterocycles. The third-order valence-electron chi connectivity index (χ3n) is 2.62. The minimum Gasteiger partial charge on any atom is -0.465 e. The van der Waals surface area contributed by atoms with E-state index in [0.717, 1.165) is 44.6 Å². The lowest BCUT2D eigenvalue weighted by atomic mass is 9.85. The van der Waals surface area contributed by atoms with E-state index in [4.69, 9.17) is 10.5 Å². The van der Waals surface area contributed by atoms with Gasteiger partial charge in [-0.25, -0.2) is 0 Å². The lowest BCUT2D eigenvalue weighted by molar-refractivity contribution is -0.135. The van der Waals surface area contributed by atoms with Crippen LogP contribution in [0.3, 0.4) is 0 Å². The van der Waals surface area contributed by atoms with Crippen LogP contribution in [-0.4, -0.2) is 19.1 Å². The molecule has 0 radical (unpaired) electrons. The first-order valence-corrected chi connectivity index (χ1v) is 4.66. The third-order valence-corrected chi connectivity index (χ3v) is 2.62. The van der Waals surface area contributed by atoms with Gasteiger partial charge < -0.3 is 10.5 Å². The van der Waals surface area contributed by atoms with Gasteiger partial charge in [-0.15, -0.1) is 0 Å². The van der Waals surface area contributed by atoms with Gasteiger partial charge in [-0.1, -0.05) is 0 Å². The van der Waals surface area contributed by atoms with E-state index in [1.807, 2.05) is 0 Å². The van der Waals surface area contributed by atoms with Crippen LogP contribution in [0.5, 0.6) is 0 Å². The molecule has 0 amide bonds. The van der Waals surface area contributed by atoms with E-state index in [-0.39, 0.29) is 6.10 Å². The molecule has 0 heterocycles. The Balaban J connectivity index is 2.15. The van der Waals surface area contributed by atoms with E-state index in [2.05, 4.69) is 0 Å². The van der Waals surface area contributed by atoms with Gasteiger partial charge in [0.05, 0.1) is 0 Å². The Bertz CT molecular complexity index is 130. The first-order chi connectivity index (χ1) is 5.86. The van der Waals surface area contributed by atoms with Crippen LogP contribution in [-0.2, 0) is 9.53 Å². The van der Waals surface area contributed by atoms with Crippen molar-refractivity contribution in [2.24, 2.45) is 11.7 Å². The zero-order valence-electron chi connectivity index (χ0n) is 7.37. The Kier molecular flexibility index (Phi) is 4.08. The van der Waals surface area contributed by atoms with Crippen molar-refractivity contribution in [3.8, 4) is 0 Å². The van der Waals surface area contributed by atoms with E-state index in [1.54, 1.807) is 0 Å². The van der Waals surface area contributed by atoms with Crippen LogP contribution in [0.2, 0.25) is 0 Å². The van der Waals surface area contributed by atoms with Gasteiger partial charge in [-0.2, -0.15) is 0 Å². The molecule has 1 aliphatic rings. The van der Waals surface area contributed by atoms with Crippen LogP contribution in [0.15, 0.2) is 0 Å². The summed E-state index contributed by atoms with van der Waals surface area (Å²) >= 11 is 0. The molecule has 70 valence electrons. The predicted molar refractivity (Wildman–Crippen MR) is 46.6 cm³/mol. The molecule has 1 saturated carbocycles. The van der Waals surface area contributed by atoms with Gasteiger partial charge in [-0.3, -0.25) is 4.79 Å². The zero-order valence-corrected chi connectivity index (χ0v) is 7.37. The normalized spacial score (nSPS) is 29.8.